The molecular weight excluding hydrogens is 307 g/mol. The molecule has 0 bridgehead atoms. The van der Waals surface area contributed by atoms with Crippen LogP contribution in [0, 0.1) is 19.7 Å². The Morgan fingerprint density at radius 2 is 1.75 bits per heavy atom. The van der Waals surface area contributed by atoms with Gasteiger partial charge in [0.15, 0.2) is 0 Å². The molecule has 1 saturated heterocycles. The number of rotatable bonds is 3. The minimum absolute atomic E-state index is 0.0765. The van der Waals surface area contributed by atoms with Gasteiger partial charge in [0, 0.05) is 24.2 Å². The van der Waals surface area contributed by atoms with Crippen LogP contribution in [-0.4, -0.2) is 24.4 Å². The lowest BCUT2D eigenvalue weighted by Crippen LogP contribution is -2.37. The predicted octanol–water partition coefficient (Wildman–Crippen LogP) is 2.98. The van der Waals surface area contributed by atoms with Crippen LogP contribution in [0.5, 0.6) is 0 Å². The third-order valence-corrected chi connectivity index (χ3v) is 4.08. The standard InChI is InChI=1S/C19H19FN2O2/c1-12-7-13(2)9-14(8-12)19(24)21-16-10-18(23)22(11-16)17-5-3-15(20)4-6-17/h3-9,16H,10-11H2,1-2H3,(H,21,24). The van der Waals surface area contributed by atoms with E-state index in [4.69, 9.17) is 0 Å². The second kappa shape index (κ2) is 6.43. The van der Waals surface area contributed by atoms with Crippen LogP contribution in [0.3, 0.4) is 0 Å². The lowest BCUT2D eigenvalue weighted by atomic mass is 10.1. The first kappa shape index (κ1) is 16.2. The molecule has 124 valence electrons. The second-order valence-corrected chi connectivity index (χ2v) is 6.23. The van der Waals surface area contributed by atoms with Gasteiger partial charge in [-0.2, -0.15) is 0 Å². The summed E-state index contributed by atoms with van der Waals surface area (Å²) in [5.74, 6) is -0.599. The molecule has 1 unspecified atom stereocenters. The minimum Gasteiger partial charge on any atom is -0.347 e. The Labute approximate surface area is 140 Å². The molecule has 0 aliphatic carbocycles. The van der Waals surface area contributed by atoms with Crippen LogP contribution in [-0.2, 0) is 4.79 Å². The van der Waals surface area contributed by atoms with Crippen LogP contribution in [0.4, 0.5) is 10.1 Å². The first-order valence-corrected chi connectivity index (χ1v) is 7.87. The summed E-state index contributed by atoms with van der Waals surface area (Å²) in [4.78, 5) is 26.2. The van der Waals surface area contributed by atoms with Crippen LogP contribution in [0.15, 0.2) is 42.5 Å². The highest BCUT2D eigenvalue weighted by Crippen LogP contribution is 2.22. The van der Waals surface area contributed by atoms with Gasteiger partial charge in [-0.15, -0.1) is 0 Å². The first-order valence-electron chi connectivity index (χ1n) is 7.87. The number of amides is 2. The van der Waals surface area contributed by atoms with Crippen molar-refractivity contribution in [2.75, 3.05) is 11.4 Å². The van der Waals surface area contributed by atoms with Gasteiger partial charge in [-0.25, -0.2) is 4.39 Å². The molecule has 0 radical (unpaired) electrons. The number of hydrogen-bond acceptors (Lipinski definition) is 2. The summed E-state index contributed by atoms with van der Waals surface area (Å²) < 4.78 is 13.0. The fourth-order valence-corrected chi connectivity index (χ4v) is 3.05. The molecule has 0 saturated carbocycles. The van der Waals surface area contributed by atoms with Crippen molar-refractivity contribution in [2.45, 2.75) is 26.3 Å². The lowest BCUT2D eigenvalue weighted by Gasteiger charge is -2.17. The number of anilines is 1. The zero-order chi connectivity index (χ0) is 17.3. The maximum absolute atomic E-state index is 13.0. The summed E-state index contributed by atoms with van der Waals surface area (Å²) in [7, 11) is 0. The number of hydrogen-bond donors (Lipinski definition) is 1. The molecule has 1 atom stereocenters. The van der Waals surface area contributed by atoms with Crippen molar-refractivity contribution in [1.29, 1.82) is 0 Å². The highest BCUT2D eigenvalue weighted by atomic mass is 19.1. The summed E-state index contributed by atoms with van der Waals surface area (Å²) in [5.41, 5.74) is 3.29. The zero-order valence-corrected chi connectivity index (χ0v) is 13.7. The average molecular weight is 326 g/mol. The van der Waals surface area contributed by atoms with E-state index in [2.05, 4.69) is 5.32 Å². The van der Waals surface area contributed by atoms with Crippen LogP contribution < -0.4 is 10.2 Å². The van der Waals surface area contributed by atoms with Crippen molar-refractivity contribution >= 4 is 17.5 Å². The Balaban J connectivity index is 1.69. The fourth-order valence-electron chi connectivity index (χ4n) is 3.05. The molecule has 0 aromatic heterocycles. The average Bonchev–Trinajstić information content (AvgIpc) is 2.87. The van der Waals surface area contributed by atoms with E-state index in [0.29, 0.717) is 17.8 Å². The van der Waals surface area contributed by atoms with E-state index < -0.39 is 0 Å². The topological polar surface area (TPSA) is 49.4 Å². The van der Waals surface area contributed by atoms with Gasteiger partial charge < -0.3 is 10.2 Å². The summed E-state index contributed by atoms with van der Waals surface area (Å²) in [6, 6.07) is 11.2. The zero-order valence-electron chi connectivity index (χ0n) is 13.7. The van der Waals surface area contributed by atoms with E-state index in [1.807, 2.05) is 32.0 Å². The summed E-state index contributed by atoms with van der Waals surface area (Å²) in [5, 5.41) is 2.92. The molecule has 2 aromatic rings. The Bertz CT molecular complexity index is 766. The molecule has 1 fully saturated rings. The second-order valence-electron chi connectivity index (χ2n) is 6.23. The Morgan fingerprint density at radius 3 is 2.38 bits per heavy atom. The molecule has 1 aliphatic rings. The molecule has 2 aromatic carbocycles. The molecule has 3 rings (SSSR count). The van der Waals surface area contributed by atoms with E-state index in [1.165, 1.54) is 12.1 Å². The number of halogens is 1. The van der Waals surface area contributed by atoms with Gasteiger partial charge in [0.05, 0.1) is 6.04 Å². The lowest BCUT2D eigenvalue weighted by molar-refractivity contribution is -0.117. The van der Waals surface area contributed by atoms with Gasteiger partial charge in [-0.05, 0) is 50.2 Å². The van der Waals surface area contributed by atoms with Crippen LogP contribution in [0.1, 0.15) is 27.9 Å². The third kappa shape index (κ3) is 3.45. The minimum atomic E-state index is -0.343. The summed E-state index contributed by atoms with van der Waals surface area (Å²) >= 11 is 0. The van der Waals surface area contributed by atoms with Gasteiger partial charge in [-0.1, -0.05) is 17.2 Å². The molecule has 1 N–H and O–H groups in total. The van der Waals surface area contributed by atoms with E-state index >= 15 is 0 Å². The van der Waals surface area contributed by atoms with Crippen LogP contribution in [0.2, 0.25) is 0 Å². The molecule has 5 heteroatoms. The first-order chi connectivity index (χ1) is 11.4. The molecule has 1 aliphatic heterocycles. The van der Waals surface area contributed by atoms with E-state index in [9.17, 15) is 14.0 Å². The number of benzene rings is 2. The largest absolute Gasteiger partial charge is 0.347 e. The highest BCUT2D eigenvalue weighted by molar-refractivity contribution is 5.99. The van der Waals surface area contributed by atoms with Crippen LogP contribution >= 0.6 is 0 Å². The fraction of sp³-hybridized carbons (Fsp3) is 0.263. The molecule has 2 amide bonds. The van der Waals surface area contributed by atoms with Gasteiger partial charge in [0.2, 0.25) is 5.91 Å². The number of aryl methyl sites for hydroxylation is 2. The van der Waals surface area contributed by atoms with Crippen LogP contribution in [0.25, 0.3) is 0 Å². The number of carbonyl (C=O) groups excluding carboxylic acids is 2. The SMILES string of the molecule is Cc1cc(C)cc(C(=O)NC2CC(=O)N(c3ccc(F)cc3)C2)c1. The Hall–Kier alpha value is -2.69. The van der Waals surface area contributed by atoms with Gasteiger partial charge >= 0.3 is 0 Å². The quantitative estimate of drug-likeness (QED) is 0.943. The Kier molecular flexibility index (Phi) is 4.34. The summed E-state index contributed by atoms with van der Waals surface area (Å²) in [6.07, 6.45) is 0.244. The van der Waals surface area contributed by atoms with Gasteiger partial charge in [-0.3, -0.25) is 9.59 Å². The van der Waals surface area contributed by atoms with Gasteiger partial charge in [0.1, 0.15) is 5.82 Å². The van der Waals surface area contributed by atoms with Crippen molar-refractivity contribution in [3.63, 3.8) is 0 Å². The maximum Gasteiger partial charge on any atom is 0.251 e. The van der Waals surface area contributed by atoms with Crippen molar-refractivity contribution in [3.05, 3.63) is 65.0 Å². The van der Waals surface area contributed by atoms with E-state index in [-0.39, 0.29) is 30.1 Å². The predicted molar refractivity (Wildman–Crippen MR) is 90.5 cm³/mol. The van der Waals surface area contributed by atoms with E-state index in [0.717, 1.165) is 11.1 Å². The van der Waals surface area contributed by atoms with Crippen molar-refractivity contribution in [3.8, 4) is 0 Å². The molecule has 4 nitrogen and oxygen atoms in total. The van der Waals surface area contributed by atoms with Gasteiger partial charge in [0.25, 0.3) is 5.91 Å². The number of nitrogens with zero attached hydrogens (tertiary/aromatic N) is 1. The number of nitrogens with one attached hydrogen (secondary N) is 1. The van der Waals surface area contributed by atoms with Crippen molar-refractivity contribution < 1.29 is 14.0 Å². The monoisotopic (exact) mass is 326 g/mol. The Morgan fingerprint density at radius 1 is 1.12 bits per heavy atom. The highest BCUT2D eigenvalue weighted by Gasteiger charge is 2.31. The summed E-state index contributed by atoms with van der Waals surface area (Å²) in [6.45, 7) is 4.28. The smallest absolute Gasteiger partial charge is 0.251 e. The molecular formula is C19H19FN2O2. The molecule has 1 heterocycles. The maximum atomic E-state index is 13.0. The van der Waals surface area contributed by atoms with Crippen molar-refractivity contribution in [1.82, 2.24) is 5.32 Å². The molecule has 0 spiro atoms. The molecule has 24 heavy (non-hydrogen) atoms. The normalized spacial score (nSPS) is 17.2. The third-order valence-electron chi connectivity index (χ3n) is 4.08. The van der Waals surface area contributed by atoms with Crippen molar-refractivity contribution in [2.24, 2.45) is 0 Å². The van der Waals surface area contributed by atoms with E-state index in [1.54, 1.807) is 17.0 Å². The number of carbonyl (C=O) groups is 2.